The van der Waals surface area contributed by atoms with Gasteiger partial charge in [-0.15, -0.1) is 0 Å². The number of rotatable bonds is 4. The van der Waals surface area contributed by atoms with Crippen molar-refractivity contribution in [3.05, 3.63) is 0 Å². The zero-order valence-electron chi connectivity index (χ0n) is 12.0. The van der Waals surface area contributed by atoms with Crippen LogP contribution in [-0.4, -0.2) is 35.7 Å². The van der Waals surface area contributed by atoms with Crippen LogP contribution in [0.15, 0.2) is 0 Å². The first-order valence-corrected chi connectivity index (χ1v) is 6.66. The van der Waals surface area contributed by atoms with Crippen LogP contribution in [0, 0.1) is 5.92 Å². The van der Waals surface area contributed by atoms with E-state index in [0.717, 1.165) is 19.0 Å². The number of nitrogens with zero attached hydrogens (tertiary/aromatic N) is 1. The molecule has 0 bridgehead atoms. The van der Waals surface area contributed by atoms with E-state index < -0.39 is 0 Å². The van der Waals surface area contributed by atoms with Crippen LogP contribution >= 0.6 is 0 Å². The quantitative estimate of drug-likeness (QED) is 0.730. The Bertz CT molecular complexity index is 207. The van der Waals surface area contributed by atoms with Gasteiger partial charge in [0.05, 0.1) is 11.2 Å². The van der Waals surface area contributed by atoms with Gasteiger partial charge in [-0.3, -0.25) is 4.90 Å². The van der Waals surface area contributed by atoms with Gasteiger partial charge in [0.25, 0.3) is 0 Å². The molecule has 0 aromatic heterocycles. The zero-order valence-corrected chi connectivity index (χ0v) is 12.0. The molecule has 1 fully saturated rings. The van der Waals surface area contributed by atoms with E-state index >= 15 is 0 Å². The molecule has 1 saturated heterocycles. The van der Waals surface area contributed by atoms with Crippen molar-refractivity contribution in [3.63, 3.8) is 0 Å². The Kier molecular flexibility index (Phi) is 4.42. The van der Waals surface area contributed by atoms with Crippen molar-refractivity contribution in [2.75, 3.05) is 19.6 Å². The van der Waals surface area contributed by atoms with Crippen LogP contribution in [0.25, 0.3) is 0 Å². The lowest BCUT2D eigenvalue weighted by Gasteiger charge is -2.47. The molecular weight excluding hydrogens is 198 g/mol. The molecule has 0 radical (unpaired) electrons. The third-order valence-electron chi connectivity index (χ3n) is 3.11. The molecule has 2 heteroatoms. The Morgan fingerprint density at radius 1 is 1.12 bits per heavy atom. The van der Waals surface area contributed by atoms with E-state index in [-0.39, 0.29) is 11.2 Å². The van der Waals surface area contributed by atoms with Crippen LogP contribution in [0.4, 0.5) is 0 Å². The molecule has 0 N–H and O–H groups in total. The van der Waals surface area contributed by atoms with Gasteiger partial charge in [-0.2, -0.15) is 0 Å². The summed E-state index contributed by atoms with van der Waals surface area (Å²) in [6, 6.07) is 0. The Morgan fingerprint density at radius 2 is 1.62 bits per heavy atom. The van der Waals surface area contributed by atoms with Gasteiger partial charge in [0.1, 0.15) is 0 Å². The summed E-state index contributed by atoms with van der Waals surface area (Å²) in [5.41, 5.74) is -0.0125. The Hall–Kier alpha value is -0.0800. The maximum atomic E-state index is 6.09. The highest BCUT2D eigenvalue weighted by atomic mass is 16.5. The van der Waals surface area contributed by atoms with Crippen LogP contribution in [0.1, 0.15) is 54.4 Å². The number of hydrogen-bond donors (Lipinski definition) is 0. The highest BCUT2D eigenvalue weighted by Crippen LogP contribution is 2.28. The van der Waals surface area contributed by atoms with Crippen molar-refractivity contribution in [1.29, 1.82) is 0 Å². The first kappa shape index (κ1) is 14.0. The molecule has 0 saturated carbocycles. The predicted molar refractivity (Wildman–Crippen MR) is 69.8 cm³/mol. The van der Waals surface area contributed by atoms with E-state index in [4.69, 9.17) is 4.74 Å². The summed E-state index contributed by atoms with van der Waals surface area (Å²) in [5, 5.41) is 0. The Labute approximate surface area is 101 Å². The maximum absolute atomic E-state index is 6.09. The van der Waals surface area contributed by atoms with Gasteiger partial charge in [0.15, 0.2) is 0 Å². The average Bonchev–Trinajstić information content (AvgIpc) is 1.96. The molecule has 96 valence electrons. The molecule has 1 heterocycles. The summed E-state index contributed by atoms with van der Waals surface area (Å²) < 4.78 is 6.09. The molecule has 0 amide bonds. The van der Waals surface area contributed by atoms with E-state index in [9.17, 15) is 0 Å². The van der Waals surface area contributed by atoms with E-state index in [2.05, 4.69) is 46.4 Å². The average molecular weight is 227 g/mol. The van der Waals surface area contributed by atoms with Crippen LogP contribution in [0.3, 0.4) is 0 Å². The van der Waals surface area contributed by atoms with Crippen LogP contribution in [0.2, 0.25) is 0 Å². The molecule has 0 aliphatic carbocycles. The number of hydrogen-bond acceptors (Lipinski definition) is 2. The zero-order chi connectivity index (χ0) is 12.4. The van der Waals surface area contributed by atoms with Crippen molar-refractivity contribution in [3.8, 4) is 0 Å². The van der Waals surface area contributed by atoms with E-state index in [0.29, 0.717) is 0 Å². The van der Waals surface area contributed by atoms with Gasteiger partial charge in [0.2, 0.25) is 0 Å². The van der Waals surface area contributed by atoms with E-state index in [1.165, 1.54) is 19.4 Å². The van der Waals surface area contributed by atoms with Crippen molar-refractivity contribution < 1.29 is 4.74 Å². The molecule has 1 aliphatic rings. The topological polar surface area (TPSA) is 12.5 Å². The smallest absolute Gasteiger partial charge is 0.0760 e. The van der Waals surface area contributed by atoms with Crippen LogP contribution in [0.5, 0.6) is 0 Å². The minimum absolute atomic E-state index is 0.00627. The van der Waals surface area contributed by atoms with Gasteiger partial charge in [0, 0.05) is 19.6 Å². The van der Waals surface area contributed by atoms with Crippen LogP contribution < -0.4 is 0 Å². The lowest BCUT2D eigenvalue weighted by Crippen LogP contribution is -2.57. The molecule has 0 aromatic carbocycles. The fourth-order valence-electron chi connectivity index (χ4n) is 3.10. The molecule has 1 rings (SSSR count). The third kappa shape index (κ3) is 4.42. The van der Waals surface area contributed by atoms with Crippen molar-refractivity contribution in [2.24, 2.45) is 5.92 Å². The monoisotopic (exact) mass is 227 g/mol. The Balaban J connectivity index is 2.54. The summed E-state index contributed by atoms with van der Waals surface area (Å²) in [7, 11) is 0. The van der Waals surface area contributed by atoms with Gasteiger partial charge in [-0.05, 0) is 40.0 Å². The number of ether oxygens (including phenoxy) is 1. The van der Waals surface area contributed by atoms with Gasteiger partial charge >= 0.3 is 0 Å². The highest BCUT2D eigenvalue weighted by Gasteiger charge is 2.38. The first-order valence-electron chi connectivity index (χ1n) is 6.66. The molecule has 0 unspecified atom stereocenters. The van der Waals surface area contributed by atoms with E-state index in [1.807, 2.05) is 0 Å². The summed E-state index contributed by atoms with van der Waals surface area (Å²) in [6.45, 7) is 16.8. The number of morpholine rings is 1. The van der Waals surface area contributed by atoms with Crippen molar-refractivity contribution in [1.82, 2.24) is 4.90 Å². The molecule has 16 heavy (non-hydrogen) atoms. The molecular formula is C14H29NO. The van der Waals surface area contributed by atoms with Gasteiger partial charge < -0.3 is 4.74 Å². The molecule has 0 aromatic rings. The summed E-state index contributed by atoms with van der Waals surface area (Å²) in [4.78, 5) is 2.57. The molecule has 1 atom stereocenters. The Morgan fingerprint density at radius 3 is 2.06 bits per heavy atom. The lowest BCUT2D eigenvalue weighted by atomic mass is 9.97. The maximum Gasteiger partial charge on any atom is 0.0760 e. The lowest BCUT2D eigenvalue weighted by molar-refractivity contribution is -0.181. The summed E-state index contributed by atoms with van der Waals surface area (Å²) >= 11 is 0. The molecule has 1 aliphatic heterocycles. The van der Waals surface area contributed by atoms with Gasteiger partial charge in [-0.25, -0.2) is 0 Å². The van der Waals surface area contributed by atoms with E-state index in [1.54, 1.807) is 0 Å². The summed E-state index contributed by atoms with van der Waals surface area (Å²) in [5.74, 6) is 0.801. The highest BCUT2D eigenvalue weighted by molar-refractivity contribution is 4.89. The van der Waals surface area contributed by atoms with Crippen molar-refractivity contribution in [2.45, 2.75) is 65.6 Å². The molecule has 0 spiro atoms. The largest absolute Gasteiger partial charge is 0.367 e. The minimum Gasteiger partial charge on any atom is -0.367 e. The second-order valence-corrected chi connectivity index (χ2v) is 6.68. The molecule has 2 nitrogen and oxygen atoms in total. The van der Waals surface area contributed by atoms with Crippen molar-refractivity contribution >= 4 is 0 Å². The predicted octanol–water partition coefficient (Wildman–Crippen LogP) is 3.31. The first-order chi connectivity index (χ1) is 7.24. The fraction of sp³-hybridized carbons (Fsp3) is 1.00. The normalized spacial score (nSPS) is 26.6. The standard InChI is InChI=1S/C14H29NO/c1-7-8-12(2)9-15-10-13(3,4)16-14(5,6)11-15/h12H,7-11H2,1-6H3/t12-/m0/s1. The van der Waals surface area contributed by atoms with Crippen LogP contribution in [-0.2, 0) is 4.74 Å². The SMILES string of the molecule is CCC[C@H](C)CN1CC(C)(C)OC(C)(C)C1. The minimum atomic E-state index is -0.00627. The third-order valence-corrected chi connectivity index (χ3v) is 3.11. The summed E-state index contributed by atoms with van der Waals surface area (Å²) in [6.07, 6.45) is 2.62. The second kappa shape index (κ2) is 5.05. The second-order valence-electron chi connectivity index (χ2n) is 6.68. The fourth-order valence-corrected chi connectivity index (χ4v) is 3.10. The van der Waals surface area contributed by atoms with Gasteiger partial charge in [-0.1, -0.05) is 20.3 Å².